The lowest BCUT2D eigenvalue weighted by atomic mass is 9.93. The molecule has 0 amide bonds. The quantitative estimate of drug-likeness (QED) is 0.922. The minimum atomic E-state index is -0.778. The zero-order chi connectivity index (χ0) is 14.8. The fraction of sp³-hybridized carbons (Fsp3) is 0.714. The normalized spacial score (nSPS) is 21.1. The van der Waals surface area contributed by atoms with Crippen LogP contribution >= 0.6 is 11.3 Å². The minimum absolute atomic E-state index is 0.0526. The molecule has 1 unspecified atom stereocenters. The molecule has 1 N–H and O–H groups in total. The molecule has 1 atom stereocenters. The molecule has 1 saturated heterocycles. The van der Waals surface area contributed by atoms with E-state index < -0.39 is 5.97 Å². The number of rotatable bonds is 4. The maximum atomic E-state index is 10.9. The van der Waals surface area contributed by atoms with E-state index in [9.17, 15) is 4.79 Å². The van der Waals surface area contributed by atoms with Gasteiger partial charge in [0, 0.05) is 23.4 Å². The zero-order valence-electron chi connectivity index (χ0n) is 12.3. The van der Waals surface area contributed by atoms with Gasteiger partial charge in [0.05, 0.1) is 31.9 Å². The topological polar surface area (TPSA) is 62.7 Å². The summed E-state index contributed by atoms with van der Waals surface area (Å²) < 4.78 is 5.39. The van der Waals surface area contributed by atoms with E-state index in [1.54, 1.807) is 11.3 Å². The molecule has 6 heteroatoms. The second kappa shape index (κ2) is 6.20. The minimum Gasteiger partial charge on any atom is -0.481 e. The number of hydrogen-bond acceptors (Lipinski definition) is 5. The van der Waals surface area contributed by atoms with Crippen molar-refractivity contribution in [2.75, 3.05) is 19.8 Å². The Labute approximate surface area is 123 Å². The maximum Gasteiger partial charge on any atom is 0.305 e. The van der Waals surface area contributed by atoms with Crippen molar-refractivity contribution in [2.24, 2.45) is 0 Å². The Morgan fingerprint density at radius 3 is 2.95 bits per heavy atom. The van der Waals surface area contributed by atoms with Gasteiger partial charge in [-0.1, -0.05) is 20.8 Å². The van der Waals surface area contributed by atoms with Crippen molar-refractivity contribution in [2.45, 2.75) is 45.2 Å². The predicted molar refractivity (Wildman–Crippen MR) is 78.1 cm³/mol. The second-order valence-electron chi connectivity index (χ2n) is 6.17. The van der Waals surface area contributed by atoms with E-state index in [4.69, 9.17) is 9.84 Å². The Bertz CT molecular complexity index is 467. The molecule has 1 aromatic rings. The van der Waals surface area contributed by atoms with Crippen molar-refractivity contribution in [3.8, 4) is 0 Å². The number of aromatic nitrogens is 1. The monoisotopic (exact) mass is 298 g/mol. The number of carboxylic acid groups (broad SMARTS) is 1. The predicted octanol–water partition coefficient (Wildman–Crippen LogP) is 2.12. The third kappa shape index (κ3) is 4.01. The van der Waals surface area contributed by atoms with E-state index in [1.807, 2.05) is 0 Å². The molecular weight excluding hydrogens is 276 g/mol. The molecule has 0 aliphatic carbocycles. The van der Waals surface area contributed by atoms with E-state index in [-0.39, 0.29) is 17.9 Å². The van der Waals surface area contributed by atoms with Crippen LogP contribution in [0.3, 0.4) is 0 Å². The maximum absolute atomic E-state index is 10.9. The molecule has 1 aliphatic rings. The van der Waals surface area contributed by atoms with Crippen LogP contribution in [0.5, 0.6) is 0 Å². The van der Waals surface area contributed by atoms with Gasteiger partial charge in [0.25, 0.3) is 0 Å². The van der Waals surface area contributed by atoms with Crippen LogP contribution in [-0.4, -0.2) is 46.8 Å². The average molecular weight is 298 g/mol. The molecule has 5 nitrogen and oxygen atoms in total. The van der Waals surface area contributed by atoms with Crippen LogP contribution in [0.1, 0.15) is 37.9 Å². The first-order valence-electron chi connectivity index (χ1n) is 6.85. The van der Waals surface area contributed by atoms with E-state index in [2.05, 4.69) is 36.0 Å². The van der Waals surface area contributed by atoms with Gasteiger partial charge in [0.1, 0.15) is 5.01 Å². The first kappa shape index (κ1) is 15.4. The average Bonchev–Trinajstić information content (AvgIpc) is 2.79. The summed E-state index contributed by atoms with van der Waals surface area (Å²) in [5, 5.41) is 12.1. The summed E-state index contributed by atoms with van der Waals surface area (Å²) in [5.41, 5.74) is 1.15. The molecule has 2 rings (SSSR count). The Morgan fingerprint density at radius 1 is 1.60 bits per heavy atom. The molecule has 2 heterocycles. The van der Waals surface area contributed by atoms with Crippen LogP contribution < -0.4 is 0 Å². The number of morpholine rings is 1. The Morgan fingerprint density at radius 2 is 2.35 bits per heavy atom. The van der Waals surface area contributed by atoms with Crippen molar-refractivity contribution in [1.29, 1.82) is 0 Å². The largest absolute Gasteiger partial charge is 0.481 e. The van der Waals surface area contributed by atoms with E-state index in [0.29, 0.717) is 19.8 Å². The molecule has 1 fully saturated rings. The number of aliphatic carboxylic acids is 1. The highest BCUT2D eigenvalue weighted by Crippen LogP contribution is 2.25. The third-order valence-electron chi connectivity index (χ3n) is 3.42. The first-order chi connectivity index (χ1) is 9.36. The summed E-state index contributed by atoms with van der Waals surface area (Å²) in [6.45, 7) is 9.07. The van der Waals surface area contributed by atoms with Crippen LogP contribution in [0.2, 0.25) is 0 Å². The fourth-order valence-corrected chi connectivity index (χ4v) is 3.23. The first-order valence-corrected chi connectivity index (χ1v) is 7.72. The summed E-state index contributed by atoms with van der Waals surface area (Å²) in [5.74, 6) is -0.778. The number of carboxylic acids is 1. The van der Waals surface area contributed by atoms with Gasteiger partial charge in [-0.3, -0.25) is 9.69 Å². The second-order valence-corrected chi connectivity index (χ2v) is 7.12. The highest BCUT2D eigenvalue weighted by atomic mass is 32.1. The Balaban J connectivity index is 2.03. The number of carbonyl (C=O) groups is 1. The number of ether oxygens (including phenoxy) is 1. The van der Waals surface area contributed by atoms with Gasteiger partial charge in [-0.2, -0.15) is 0 Å². The van der Waals surface area contributed by atoms with Crippen LogP contribution in [0.4, 0.5) is 0 Å². The van der Waals surface area contributed by atoms with Crippen molar-refractivity contribution in [3.63, 3.8) is 0 Å². The van der Waals surface area contributed by atoms with Gasteiger partial charge in [-0.25, -0.2) is 4.98 Å². The number of nitrogens with zero attached hydrogens (tertiary/aromatic N) is 2. The highest BCUT2D eigenvalue weighted by molar-refractivity contribution is 7.09. The van der Waals surface area contributed by atoms with Crippen LogP contribution in [0.15, 0.2) is 5.38 Å². The molecule has 112 valence electrons. The van der Waals surface area contributed by atoms with Crippen molar-refractivity contribution < 1.29 is 14.6 Å². The summed E-state index contributed by atoms with van der Waals surface area (Å²) in [6.07, 6.45) is 0.123. The van der Waals surface area contributed by atoms with Crippen molar-refractivity contribution in [1.82, 2.24) is 9.88 Å². The van der Waals surface area contributed by atoms with Gasteiger partial charge >= 0.3 is 5.97 Å². The summed E-state index contributed by atoms with van der Waals surface area (Å²) in [7, 11) is 0. The third-order valence-corrected chi connectivity index (χ3v) is 4.25. The molecule has 1 aromatic heterocycles. The van der Waals surface area contributed by atoms with E-state index in [0.717, 1.165) is 17.2 Å². The SMILES string of the molecule is CC(C)(C)c1csc(CN2CCOCC2CC(=O)O)n1. The van der Waals surface area contributed by atoms with Crippen LogP contribution in [-0.2, 0) is 21.5 Å². The lowest BCUT2D eigenvalue weighted by Gasteiger charge is -2.34. The molecule has 0 spiro atoms. The van der Waals surface area contributed by atoms with Crippen molar-refractivity contribution in [3.05, 3.63) is 16.1 Å². The number of thiazole rings is 1. The zero-order valence-corrected chi connectivity index (χ0v) is 13.1. The molecule has 0 aromatic carbocycles. The van der Waals surface area contributed by atoms with Crippen LogP contribution in [0.25, 0.3) is 0 Å². The molecule has 0 bridgehead atoms. The number of hydrogen-bond donors (Lipinski definition) is 1. The van der Waals surface area contributed by atoms with Gasteiger partial charge in [0.15, 0.2) is 0 Å². The fourth-order valence-electron chi connectivity index (χ4n) is 2.19. The van der Waals surface area contributed by atoms with Crippen molar-refractivity contribution >= 4 is 17.3 Å². The van der Waals surface area contributed by atoms with E-state index in [1.165, 1.54) is 0 Å². The Hall–Kier alpha value is -0.980. The molecule has 0 radical (unpaired) electrons. The van der Waals surface area contributed by atoms with Crippen LogP contribution in [0, 0.1) is 0 Å². The molecule has 0 saturated carbocycles. The highest BCUT2D eigenvalue weighted by Gasteiger charge is 2.26. The standard InChI is InChI=1S/C14H22N2O3S/c1-14(2,3)11-9-20-12(15-11)7-16-4-5-19-8-10(16)6-13(17)18/h9-10H,4-8H2,1-3H3,(H,17,18). The van der Waals surface area contributed by atoms with Gasteiger partial charge in [-0.15, -0.1) is 11.3 Å². The van der Waals surface area contributed by atoms with Gasteiger partial charge < -0.3 is 9.84 Å². The Kier molecular flexibility index (Phi) is 4.78. The summed E-state index contributed by atoms with van der Waals surface area (Å²) in [6, 6.07) is -0.0526. The summed E-state index contributed by atoms with van der Waals surface area (Å²) >= 11 is 1.65. The lowest BCUT2D eigenvalue weighted by molar-refractivity contribution is -0.140. The van der Waals surface area contributed by atoms with Gasteiger partial charge in [0.2, 0.25) is 0 Å². The molecule has 20 heavy (non-hydrogen) atoms. The molecule has 1 aliphatic heterocycles. The lowest BCUT2D eigenvalue weighted by Crippen LogP contribution is -2.45. The van der Waals surface area contributed by atoms with E-state index >= 15 is 0 Å². The van der Waals surface area contributed by atoms with Gasteiger partial charge in [-0.05, 0) is 0 Å². The smallest absolute Gasteiger partial charge is 0.305 e. The molecular formula is C14H22N2O3S. The summed E-state index contributed by atoms with van der Waals surface area (Å²) in [4.78, 5) is 17.8.